The quantitative estimate of drug-likeness (QED) is 0.696. The van der Waals surface area contributed by atoms with Crippen LogP contribution in [0.3, 0.4) is 0 Å². The molecule has 0 N–H and O–H groups in total. The fraction of sp³-hybridized carbons (Fsp3) is 0.467. The van der Waals surface area contributed by atoms with Gasteiger partial charge in [-0.1, -0.05) is 26.0 Å². The monoisotopic (exact) mass is 216 g/mol. The van der Waals surface area contributed by atoms with Gasteiger partial charge in [0.15, 0.2) is 0 Å². The zero-order chi connectivity index (χ0) is 12.0. The lowest BCUT2D eigenvalue weighted by molar-refractivity contribution is 0.406. The second-order valence-corrected chi connectivity index (χ2v) is 3.96. The van der Waals surface area contributed by atoms with Crippen molar-refractivity contribution in [2.45, 2.75) is 39.5 Å². The molecule has 0 saturated heterocycles. The van der Waals surface area contributed by atoms with Gasteiger partial charge in [0.25, 0.3) is 0 Å². The molecular weight excluding hydrogens is 196 g/mol. The minimum absolute atomic E-state index is 0.425. The van der Waals surface area contributed by atoms with Crippen molar-refractivity contribution in [2.75, 3.05) is 7.11 Å². The van der Waals surface area contributed by atoms with Crippen LogP contribution in [0.1, 0.15) is 44.2 Å². The molecule has 0 spiro atoms. The van der Waals surface area contributed by atoms with Crippen LogP contribution in [0.15, 0.2) is 18.2 Å². The first-order valence-electron chi connectivity index (χ1n) is 5.79. The van der Waals surface area contributed by atoms with Crippen LogP contribution in [-0.4, -0.2) is 7.11 Å². The van der Waals surface area contributed by atoms with E-state index in [1.165, 1.54) is 11.1 Å². The highest BCUT2D eigenvalue weighted by atomic mass is 16.5. The van der Waals surface area contributed by atoms with Gasteiger partial charge in [-0.05, 0) is 36.5 Å². The van der Waals surface area contributed by atoms with Gasteiger partial charge >= 0.3 is 0 Å². The predicted octanol–water partition coefficient (Wildman–Crippen LogP) is 3.77. The van der Waals surface area contributed by atoms with Gasteiger partial charge in [0.1, 0.15) is 5.75 Å². The zero-order valence-corrected chi connectivity index (χ0v) is 10.6. The Morgan fingerprint density at radius 3 is 2.69 bits per heavy atom. The van der Waals surface area contributed by atoms with Crippen LogP contribution in [0.2, 0.25) is 0 Å². The molecule has 1 aromatic carbocycles. The Morgan fingerprint density at radius 2 is 2.12 bits per heavy atom. The van der Waals surface area contributed by atoms with E-state index in [4.69, 9.17) is 4.74 Å². The topological polar surface area (TPSA) is 9.23 Å². The summed E-state index contributed by atoms with van der Waals surface area (Å²) < 4.78 is 5.40. The third-order valence-electron chi connectivity index (χ3n) is 2.82. The van der Waals surface area contributed by atoms with Crippen molar-refractivity contribution in [2.24, 2.45) is 0 Å². The Labute approximate surface area is 98.8 Å². The van der Waals surface area contributed by atoms with Crippen molar-refractivity contribution in [3.8, 4) is 17.6 Å². The van der Waals surface area contributed by atoms with Gasteiger partial charge < -0.3 is 4.74 Å². The summed E-state index contributed by atoms with van der Waals surface area (Å²) in [4.78, 5) is 0. The summed E-state index contributed by atoms with van der Waals surface area (Å²) in [5.74, 6) is 7.47. The average Bonchev–Trinajstić information content (AvgIpc) is 2.35. The van der Waals surface area contributed by atoms with Crippen LogP contribution in [0.5, 0.6) is 5.75 Å². The van der Waals surface area contributed by atoms with E-state index >= 15 is 0 Å². The maximum absolute atomic E-state index is 5.40. The van der Waals surface area contributed by atoms with Crippen molar-refractivity contribution >= 4 is 0 Å². The summed E-state index contributed by atoms with van der Waals surface area (Å²) in [6.07, 6.45) is 1.95. The smallest absolute Gasteiger partial charge is 0.122 e. The molecule has 0 aliphatic carbocycles. The summed E-state index contributed by atoms with van der Waals surface area (Å²) >= 11 is 0. The standard InChI is InChI=1S/C15H20O/c1-5-7-8-12(3)14-11-13(6-2)9-10-15(14)16-4/h9-12H,6,8H2,1-4H3. The van der Waals surface area contributed by atoms with E-state index < -0.39 is 0 Å². The van der Waals surface area contributed by atoms with Gasteiger partial charge in [-0.15, -0.1) is 11.8 Å². The fourth-order valence-corrected chi connectivity index (χ4v) is 1.75. The molecule has 0 fully saturated rings. The molecule has 1 unspecified atom stereocenters. The SMILES string of the molecule is CC#CCC(C)c1cc(CC)ccc1OC. The Bertz CT molecular complexity index is 396. The molecule has 1 aromatic rings. The van der Waals surface area contributed by atoms with Crippen LogP contribution < -0.4 is 4.74 Å². The second-order valence-electron chi connectivity index (χ2n) is 3.96. The van der Waals surface area contributed by atoms with Crippen molar-refractivity contribution in [3.05, 3.63) is 29.3 Å². The lowest BCUT2D eigenvalue weighted by atomic mass is 9.94. The van der Waals surface area contributed by atoms with Gasteiger partial charge in [-0.25, -0.2) is 0 Å². The third-order valence-corrected chi connectivity index (χ3v) is 2.82. The van der Waals surface area contributed by atoms with Crippen LogP contribution in [0.4, 0.5) is 0 Å². The lowest BCUT2D eigenvalue weighted by Crippen LogP contribution is -1.98. The molecule has 1 atom stereocenters. The first-order valence-corrected chi connectivity index (χ1v) is 5.79. The number of aryl methyl sites for hydroxylation is 1. The summed E-state index contributed by atoms with van der Waals surface area (Å²) in [6.45, 7) is 6.25. The normalized spacial score (nSPS) is 11.5. The van der Waals surface area contributed by atoms with Crippen LogP contribution >= 0.6 is 0 Å². The molecule has 0 aromatic heterocycles. The maximum atomic E-state index is 5.40. The molecule has 1 heteroatoms. The molecule has 86 valence electrons. The highest BCUT2D eigenvalue weighted by molar-refractivity contribution is 5.40. The summed E-state index contributed by atoms with van der Waals surface area (Å²) in [6, 6.07) is 6.42. The van der Waals surface area contributed by atoms with Gasteiger partial charge in [0.2, 0.25) is 0 Å². The Hall–Kier alpha value is -1.42. The van der Waals surface area contributed by atoms with E-state index in [0.29, 0.717) is 5.92 Å². The van der Waals surface area contributed by atoms with E-state index in [1.54, 1.807) is 7.11 Å². The van der Waals surface area contributed by atoms with Gasteiger partial charge in [-0.3, -0.25) is 0 Å². The van der Waals surface area contributed by atoms with Crippen LogP contribution in [0.25, 0.3) is 0 Å². The van der Waals surface area contributed by atoms with Crippen molar-refractivity contribution < 1.29 is 4.74 Å². The van der Waals surface area contributed by atoms with Crippen molar-refractivity contribution in [3.63, 3.8) is 0 Å². The zero-order valence-electron chi connectivity index (χ0n) is 10.6. The molecule has 16 heavy (non-hydrogen) atoms. The molecule has 1 nitrogen and oxygen atoms in total. The van der Waals surface area contributed by atoms with Gasteiger partial charge in [-0.2, -0.15) is 0 Å². The van der Waals surface area contributed by atoms with E-state index in [-0.39, 0.29) is 0 Å². The Kier molecular flexibility index (Phi) is 4.92. The first kappa shape index (κ1) is 12.6. The highest BCUT2D eigenvalue weighted by Gasteiger charge is 2.10. The summed E-state index contributed by atoms with van der Waals surface area (Å²) in [5, 5.41) is 0. The summed E-state index contributed by atoms with van der Waals surface area (Å²) in [5.41, 5.74) is 2.62. The maximum Gasteiger partial charge on any atom is 0.122 e. The number of methoxy groups -OCH3 is 1. The van der Waals surface area contributed by atoms with E-state index in [0.717, 1.165) is 18.6 Å². The molecule has 0 aliphatic heterocycles. The van der Waals surface area contributed by atoms with Gasteiger partial charge in [0, 0.05) is 6.42 Å². The Balaban J connectivity index is 3.01. The van der Waals surface area contributed by atoms with Crippen LogP contribution in [0, 0.1) is 11.8 Å². The number of hydrogen-bond donors (Lipinski definition) is 0. The molecule has 0 aliphatic rings. The van der Waals surface area contributed by atoms with E-state index in [1.807, 2.05) is 6.92 Å². The first-order chi connectivity index (χ1) is 7.72. The van der Waals surface area contributed by atoms with Crippen molar-refractivity contribution in [1.82, 2.24) is 0 Å². The molecule has 0 radical (unpaired) electrons. The molecule has 0 amide bonds. The van der Waals surface area contributed by atoms with Crippen LogP contribution in [-0.2, 0) is 6.42 Å². The lowest BCUT2D eigenvalue weighted by Gasteiger charge is -2.14. The minimum Gasteiger partial charge on any atom is -0.496 e. The summed E-state index contributed by atoms with van der Waals surface area (Å²) in [7, 11) is 1.72. The third kappa shape index (κ3) is 3.03. The average molecular weight is 216 g/mol. The van der Waals surface area contributed by atoms with Gasteiger partial charge in [0.05, 0.1) is 7.11 Å². The van der Waals surface area contributed by atoms with Crippen molar-refractivity contribution in [1.29, 1.82) is 0 Å². The second kappa shape index (κ2) is 6.23. The number of benzene rings is 1. The highest BCUT2D eigenvalue weighted by Crippen LogP contribution is 2.29. The Morgan fingerprint density at radius 1 is 1.38 bits per heavy atom. The molecule has 1 rings (SSSR count). The largest absolute Gasteiger partial charge is 0.496 e. The van der Waals surface area contributed by atoms with E-state index in [2.05, 4.69) is 43.9 Å². The molecular formula is C15H20O. The molecule has 0 bridgehead atoms. The fourth-order valence-electron chi connectivity index (χ4n) is 1.75. The van der Waals surface area contributed by atoms with E-state index in [9.17, 15) is 0 Å². The minimum atomic E-state index is 0.425. The predicted molar refractivity (Wildman–Crippen MR) is 68.9 cm³/mol. The molecule has 0 saturated carbocycles. The molecule has 0 heterocycles. The number of hydrogen-bond acceptors (Lipinski definition) is 1. The number of ether oxygens (including phenoxy) is 1. The number of rotatable bonds is 4.